The Morgan fingerprint density at radius 3 is 2.65 bits per heavy atom. The number of nitrogens with zero attached hydrogens (tertiary/aromatic N) is 2. The molecule has 0 saturated heterocycles. The topological polar surface area (TPSA) is 84.2 Å². The second-order valence-corrected chi connectivity index (χ2v) is 5.63. The number of hydrogen-bond acceptors (Lipinski definition) is 3. The van der Waals surface area contributed by atoms with Gasteiger partial charge in [0.1, 0.15) is 22.8 Å². The van der Waals surface area contributed by atoms with Gasteiger partial charge in [-0.25, -0.2) is 18.6 Å². The smallest absolute Gasteiger partial charge is 0.405 e. The van der Waals surface area contributed by atoms with Gasteiger partial charge in [-0.2, -0.15) is 0 Å². The van der Waals surface area contributed by atoms with Crippen molar-refractivity contribution in [1.29, 1.82) is 0 Å². The molecule has 134 valence electrons. The van der Waals surface area contributed by atoms with E-state index in [1.165, 1.54) is 30.3 Å². The van der Waals surface area contributed by atoms with Crippen molar-refractivity contribution in [3.63, 3.8) is 0 Å². The number of aromatic nitrogens is 2. The summed E-state index contributed by atoms with van der Waals surface area (Å²) in [5.41, 5.74) is -0.504. The van der Waals surface area contributed by atoms with Crippen LogP contribution in [0.4, 0.5) is 13.6 Å². The van der Waals surface area contributed by atoms with Crippen LogP contribution in [0.25, 0.3) is 16.6 Å². The molecule has 0 aliphatic carbocycles. The number of nitrogens with one attached hydrogen (secondary N) is 1. The van der Waals surface area contributed by atoms with E-state index < -0.39 is 29.3 Å². The summed E-state index contributed by atoms with van der Waals surface area (Å²) in [6, 6.07) is 8.35. The van der Waals surface area contributed by atoms with Gasteiger partial charge in [0.15, 0.2) is 0 Å². The van der Waals surface area contributed by atoms with Crippen LogP contribution < -0.4 is 10.9 Å². The summed E-state index contributed by atoms with van der Waals surface area (Å²) in [6.07, 6.45) is -1.01. The van der Waals surface area contributed by atoms with E-state index in [0.29, 0.717) is 0 Å². The average molecular weight is 359 g/mol. The van der Waals surface area contributed by atoms with Crippen molar-refractivity contribution in [3.8, 4) is 5.69 Å². The van der Waals surface area contributed by atoms with E-state index in [1.807, 2.05) is 0 Å². The maximum absolute atomic E-state index is 14.2. The van der Waals surface area contributed by atoms with Crippen molar-refractivity contribution in [2.75, 3.05) is 0 Å². The third-order valence-electron chi connectivity index (χ3n) is 3.96. The zero-order valence-corrected chi connectivity index (χ0v) is 13.7. The predicted molar refractivity (Wildman–Crippen MR) is 91.4 cm³/mol. The molecule has 0 spiro atoms. The van der Waals surface area contributed by atoms with Crippen molar-refractivity contribution in [1.82, 2.24) is 14.9 Å². The minimum atomic E-state index is -1.30. The summed E-state index contributed by atoms with van der Waals surface area (Å²) in [4.78, 5) is 28.4. The van der Waals surface area contributed by atoms with Gasteiger partial charge in [0.25, 0.3) is 5.56 Å². The molecule has 2 aromatic carbocycles. The van der Waals surface area contributed by atoms with Gasteiger partial charge < -0.3 is 10.4 Å². The molecule has 0 aliphatic heterocycles. The monoisotopic (exact) mass is 359 g/mol. The van der Waals surface area contributed by atoms with E-state index in [-0.39, 0.29) is 28.8 Å². The summed E-state index contributed by atoms with van der Waals surface area (Å²) in [6.45, 7) is 1.71. The van der Waals surface area contributed by atoms with Gasteiger partial charge in [0.05, 0.1) is 17.2 Å². The van der Waals surface area contributed by atoms with Crippen LogP contribution in [-0.4, -0.2) is 20.8 Å². The van der Waals surface area contributed by atoms with Gasteiger partial charge in [-0.1, -0.05) is 19.1 Å². The molecule has 1 heterocycles. The van der Waals surface area contributed by atoms with Crippen LogP contribution in [0.5, 0.6) is 0 Å². The van der Waals surface area contributed by atoms with E-state index in [2.05, 4.69) is 10.3 Å². The van der Waals surface area contributed by atoms with Gasteiger partial charge in [-0.3, -0.25) is 9.36 Å². The molecule has 3 rings (SSSR count). The molecule has 26 heavy (non-hydrogen) atoms. The van der Waals surface area contributed by atoms with Crippen molar-refractivity contribution in [2.45, 2.75) is 19.4 Å². The molecule has 1 amide bonds. The summed E-state index contributed by atoms with van der Waals surface area (Å²) >= 11 is 0. The van der Waals surface area contributed by atoms with Crippen LogP contribution in [0.2, 0.25) is 0 Å². The highest BCUT2D eigenvalue weighted by Crippen LogP contribution is 2.22. The number of hydrogen-bond donors (Lipinski definition) is 2. The van der Waals surface area contributed by atoms with Crippen LogP contribution in [0.1, 0.15) is 25.2 Å². The molecule has 8 heteroatoms. The first-order valence-electron chi connectivity index (χ1n) is 7.89. The maximum Gasteiger partial charge on any atom is 0.405 e. The fourth-order valence-corrected chi connectivity index (χ4v) is 2.80. The molecule has 1 unspecified atom stereocenters. The molecule has 1 atom stereocenters. The van der Waals surface area contributed by atoms with Crippen molar-refractivity contribution in [2.24, 2.45) is 0 Å². The van der Waals surface area contributed by atoms with Gasteiger partial charge in [-0.15, -0.1) is 0 Å². The summed E-state index contributed by atoms with van der Waals surface area (Å²) in [5.74, 6) is -1.28. The van der Waals surface area contributed by atoms with E-state index >= 15 is 0 Å². The standard InChI is InChI=1S/C18H15F2N3O3/c1-2-13(22-18(25)26)16-21-14-8-4-7-12(20)15(14)17(24)23(16)11-6-3-5-10(19)9-11/h3-9,13,22H,2H2,1H3,(H,25,26). The third kappa shape index (κ3) is 3.13. The molecule has 0 radical (unpaired) electrons. The van der Waals surface area contributed by atoms with E-state index in [1.54, 1.807) is 6.92 Å². The van der Waals surface area contributed by atoms with E-state index in [4.69, 9.17) is 5.11 Å². The van der Waals surface area contributed by atoms with Crippen molar-refractivity contribution in [3.05, 3.63) is 70.3 Å². The molecule has 2 N–H and O–H groups in total. The number of halogens is 2. The van der Waals surface area contributed by atoms with Gasteiger partial charge in [0.2, 0.25) is 0 Å². The average Bonchev–Trinajstić information content (AvgIpc) is 2.59. The maximum atomic E-state index is 14.2. The largest absolute Gasteiger partial charge is 0.465 e. The van der Waals surface area contributed by atoms with Crippen LogP contribution in [0.15, 0.2) is 47.3 Å². The van der Waals surface area contributed by atoms with Crippen molar-refractivity contribution < 1.29 is 18.7 Å². The Hall–Kier alpha value is -3.29. The highest BCUT2D eigenvalue weighted by molar-refractivity contribution is 5.78. The Balaban J connectivity index is 2.39. The molecular formula is C18H15F2N3O3. The Morgan fingerprint density at radius 1 is 1.27 bits per heavy atom. The number of fused-ring (bicyclic) bond motifs is 1. The number of carbonyl (C=O) groups is 1. The van der Waals surface area contributed by atoms with Crippen LogP contribution in [0.3, 0.4) is 0 Å². The SMILES string of the molecule is CCC(NC(=O)O)c1nc2cccc(F)c2c(=O)n1-c1cccc(F)c1. The summed E-state index contributed by atoms with van der Waals surface area (Å²) < 4.78 is 28.9. The number of rotatable bonds is 4. The fraction of sp³-hybridized carbons (Fsp3) is 0.167. The predicted octanol–water partition coefficient (Wildman–Crippen LogP) is 3.38. The quantitative estimate of drug-likeness (QED) is 0.748. The second-order valence-electron chi connectivity index (χ2n) is 5.63. The third-order valence-corrected chi connectivity index (χ3v) is 3.96. The van der Waals surface area contributed by atoms with Gasteiger partial charge in [0, 0.05) is 0 Å². The normalized spacial score (nSPS) is 12.1. The highest BCUT2D eigenvalue weighted by Gasteiger charge is 2.22. The Morgan fingerprint density at radius 2 is 2.00 bits per heavy atom. The summed E-state index contributed by atoms with van der Waals surface area (Å²) in [7, 11) is 0. The molecule has 0 saturated carbocycles. The molecule has 0 bridgehead atoms. The lowest BCUT2D eigenvalue weighted by Gasteiger charge is -2.20. The lowest BCUT2D eigenvalue weighted by atomic mass is 10.1. The first kappa shape index (κ1) is 17.5. The second kappa shape index (κ2) is 6.91. The molecule has 1 aromatic heterocycles. The van der Waals surface area contributed by atoms with Crippen LogP contribution in [0, 0.1) is 11.6 Å². The van der Waals surface area contributed by atoms with Gasteiger partial charge >= 0.3 is 6.09 Å². The van der Waals surface area contributed by atoms with Crippen LogP contribution >= 0.6 is 0 Å². The molecule has 3 aromatic rings. The Labute approximate surface area is 146 Å². The molecular weight excluding hydrogens is 344 g/mol. The lowest BCUT2D eigenvalue weighted by Crippen LogP contribution is -2.33. The first-order chi connectivity index (χ1) is 12.4. The molecule has 6 nitrogen and oxygen atoms in total. The molecule has 0 fully saturated rings. The lowest BCUT2D eigenvalue weighted by molar-refractivity contribution is 0.188. The van der Waals surface area contributed by atoms with Crippen molar-refractivity contribution >= 4 is 17.0 Å². The van der Waals surface area contributed by atoms with E-state index in [0.717, 1.165) is 16.7 Å². The van der Waals surface area contributed by atoms with E-state index in [9.17, 15) is 18.4 Å². The summed E-state index contributed by atoms with van der Waals surface area (Å²) in [5, 5.41) is 11.1. The first-order valence-corrected chi connectivity index (χ1v) is 7.89. The Bertz CT molecular complexity index is 1050. The number of benzene rings is 2. The molecule has 0 aliphatic rings. The highest BCUT2D eigenvalue weighted by atomic mass is 19.1. The zero-order chi connectivity index (χ0) is 18.8. The minimum Gasteiger partial charge on any atom is -0.465 e. The fourth-order valence-electron chi connectivity index (χ4n) is 2.80. The Kier molecular flexibility index (Phi) is 4.66. The minimum absolute atomic E-state index is 0.0589. The number of carboxylic acid groups (broad SMARTS) is 1. The number of amides is 1. The van der Waals surface area contributed by atoms with Crippen LogP contribution in [-0.2, 0) is 0 Å². The zero-order valence-electron chi connectivity index (χ0n) is 13.7. The van der Waals surface area contributed by atoms with Gasteiger partial charge in [-0.05, 0) is 36.8 Å².